The number of nitrogens with zero attached hydrogens (tertiary/aromatic N) is 1. The standard InChI is InChI=1S/C23H25FN2O7S/c1-26-19-8-7-16(12-22(27)31-2)33-21(19)13-32-20-9-6-15(11-18(20)23(26)28)25-34(29,30)17-5-3-4-14(24)10-17/h3-6,9-11,16,19,21,25H,7-8,12-13H2,1-2H3/t16-,19+,21-/m0/s1. The molecule has 1 saturated heterocycles. The Balaban J connectivity index is 1.55. The number of methoxy groups -OCH3 is 1. The van der Waals surface area contributed by atoms with Crippen LogP contribution in [-0.4, -0.2) is 64.2 Å². The van der Waals surface area contributed by atoms with Crippen LogP contribution in [0.3, 0.4) is 0 Å². The Morgan fingerprint density at radius 1 is 1.24 bits per heavy atom. The van der Waals surface area contributed by atoms with Crippen molar-refractivity contribution in [2.75, 3.05) is 25.5 Å². The molecule has 0 unspecified atom stereocenters. The van der Waals surface area contributed by atoms with Crippen molar-refractivity contribution in [1.29, 1.82) is 0 Å². The highest BCUT2D eigenvalue weighted by Crippen LogP contribution is 2.33. The molecule has 2 aliphatic rings. The van der Waals surface area contributed by atoms with Crippen molar-refractivity contribution in [3.8, 4) is 5.75 Å². The van der Waals surface area contributed by atoms with Gasteiger partial charge in [0.2, 0.25) is 0 Å². The van der Waals surface area contributed by atoms with Crippen LogP contribution in [0.4, 0.5) is 10.1 Å². The first-order valence-electron chi connectivity index (χ1n) is 10.7. The Kier molecular flexibility index (Phi) is 6.76. The van der Waals surface area contributed by atoms with Crippen LogP contribution in [0.25, 0.3) is 0 Å². The number of halogens is 1. The van der Waals surface area contributed by atoms with Gasteiger partial charge in [0.05, 0.1) is 36.1 Å². The van der Waals surface area contributed by atoms with Crippen molar-refractivity contribution in [3.05, 3.63) is 53.8 Å². The Morgan fingerprint density at radius 2 is 2.03 bits per heavy atom. The Hall–Kier alpha value is -3.18. The van der Waals surface area contributed by atoms with Gasteiger partial charge in [-0.3, -0.25) is 14.3 Å². The molecule has 0 aliphatic carbocycles. The maximum Gasteiger partial charge on any atom is 0.308 e. The molecule has 1 N–H and O–H groups in total. The molecule has 0 spiro atoms. The lowest BCUT2D eigenvalue weighted by molar-refractivity contribution is -0.151. The highest BCUT2D eigenvalue weighted by molar-refractivity contribution is 7.92. The maximum atomic E-state index is 13.5. The fourth-order valence-electron chi connectivity index (χ4n) is 4.21. The lowest BCUT2D eigenvalue weighted by atomic mass is 9.94. The van der Waals surface area contributed by atoms with Gasteiger partial charge >= 0.3 is 5.97 Å². The molecule has 2 aliphatic heterocycles. The number of benzene rings is 2. The van der Waals surface area contributed by atoms with Crippen LogP contribution in [0.2, 0.25) is 0 Å². The molecular weight excluding hydrogens is 467 g/mol. The van der Waals surface area contributed by atoms with Gasteiger partial charge in [-0.2, -0.15) is 0 Å². The van der Waals surface area contributed by atoms with Crippen LogP contribution in [-0.2, 0) is 24.3 Å². The number of hydrogen-bond acceptors (Lipinski definition) is 7. The fraction of sp³-hybridized carbons (Fsp3) is 0.391. The number of carbonyl (C=O) groups excluding carboxylic acids is 2. The first kappa shape index (κ1) is 24.0. The van der Waals surface area contributed by atoms with E-state index in [1.54, 1.807) is 11.9 Å². The highest BCUT2D eigenvalue weighted by Gasteiger charge is 2.39. The van der Waals surface area contributed by atoms with E-state index in [2.05, 4.69) is 4.72 Å². The SMILES string of the molecule is COC(=O)C[C@@H]1CC[C@@H]2[C@H](COc3ccc(NS(=O)(=O)c4cccc(F)c4)cc3C(=O)N2C)O1. The topological polar surface area (TPSA) is 111 Å². The summed E-state index contributed by atoms with van der Waals surface area (Å²) in [5.41, 5.74) is 0.334. The third kappa shape index (κ3) is 5.00. The van der Waals surface area contributed by atoms with Gasteiger partial charge < -0.3 is 19.1 Å². The zero-order valence-corrected chi connectivity index (χ0v) is 19.5. The van der Waals surface area contributed by atoms with Crippen LogP contribution < -0.4 is 9.46 Å². The molecule has 11 heteroatoms. The number of esters is 1. The molecule has 0 saturated carbocycles. The molecule has 2 aromatic carbocycles. The molecule has 3 atom stereocenters. The summed E-state index contributed by atoms with van der Waals surface area (Å²) in [6, 6.07) is 8.72. The maximum absolute atomic E-state index is 13.5. The van der Waals surface area contributed by atoms with Crippen molar-refractivity contribution in [3.63, 3.8) is 0 Å². The van der Waals surface area contributed by atoms with Crippen LogP contribution in [0, 0.1) is 5.82 Å². The molecule has 182 valence electrons. The molecule has 1 amide bonds. The number of sulfonamides is 1. The van der Waals surface area contributed by atoms with Gasteiger partial charge in [0.15, 0.2) is 0 Å². The normalized spacial score (nSPS) is 22.5. The molecule has 0 radical (unpaired) electrons. The second kappa shape index (κ2) is 9.59. The molecule has 34 heavy (non-hydrogen) atoms. The van der Waals surface area contributed by atoms with Gasteiger partial charge in [0.25, 0.3) is 15.9 Å². The summed E-state index contributed by atoms with van der Waals surface area (Å²) in [6.45, 7) is 0.154. The van der Waals surface area contributed by atoms with E-state index < -0.39 is 21.9 Å². The quantitative estimate of drug-likeness (QED) is 0.639. The minimum absolute atomic E-state index is 0.128. The Labute approximate surface area is 196 Å². The fourth-order valence-corrected chi connectivity index (χ4v) is 5.29. The van der Waals surface area contributed by atoms with Gasteiger partial charge in [-0.1, -0.05) is 6.07 Å². The van der Waals surface area contributed by atoms with Gasteiger partial charge in [0, 0.05) is 12.7 Å². The minimum atomic E-state index is -4.06. The summed E-state index contributed by atoms with van der Waals surface area (Å²) in [5.74, 6) is -1.11. The molecule has 2 heterocycles. The second-order valence-electron chi connectivity index (χ2n) is 8.22. The van der Waals surface area contributed by atoms with Crippen molar-refractivity contribution in [2.45, 2.75) is 42.4 Å². The smallest absolute Gasteiger partial charge is 0.308 e. The third-order valence-corrected chi connectivity index (χ3v) is 7.37. The number of fused-ring (bicyclic) bond motifs is 2. The van der Waals surface area contributed by atoms with E-state index in [0.717, 1.165) is 12.1 Å². The number of rotatable bonds is 5. The van der Waals surface area contributed by atoms with E-state index in [9.17, 15) is 22.4 Å². The minimum Gasteiger partial charge on any atom is -0.490 e. The van der Waals surface area contributed by atoms with Crippen molar-refractivity contribution >= 4 is 27.6 Å². The summed E-state index contributed by atoms with van der Waals surface area (Å²) in [5, 5.41) is 0. The molecule has 0 aromatic heterocycles. The lowest BCUT2D eigenvalue weighted by Crippen LogP contribution is -2.53. The van der Waals surface area contributed by atoms with E-state index in [4.69, 9.17) is 14.2 Å². The van der Waals surface area contributed by atoms with E-state index in [-0.39, 0.29) is 58.9 Å². The van der Waals surface area contributed by atoms with E-state index in [0.29, 0.717) is 12.8 Å². The van der Waals surface area contributed by atoms with Crippen LogP contribution in [0.5, 0.6) is 5.75 Å². The predicted octanol–water partition coefficient (Wildman–Crippen LogP) is 2.57. The first-order chi connectivity index (χ1) is 16.2. The highest BCUT2D eigenvalue weighted by atomic mass is 32.2. The van der Waals surface area contributed by atoms with E-state index >= 15 is 0 Å². The van der Waals surface area contributed by atoms with Gasteiger partial charge in [-0.15, -0.1) is 0 Å². The van der Waals surface area contributed by atoms with Crippen LogP contribution >= 0.6 is 0 Å². The van der Waals surface area contributed by atoms with E-state index in [1.807, 2.05) is 0 Å². The second-order valence-corrected chi connectivity index (χ2v) is 9.90. The number of amides is 1. The van der Waals surface area contributed by atoms with Crippen molar-refractivity contribution < 1.29 is 36.6 Å². The number of hydrogen-bond donors (Lipinski definition) is 1. The molecule has 1 fully saturated rings. The van der Waals surface area contributed by atoms with Gasteiger partial charge in [0.1, 0.15) is 24.3 Å². The van der Waals surface area contributed by atoms with Crippen molar-refractivity contribution in [2.24, 2.45) is 0 Å². The van der Waals surface area contributed by atoms with Crippen LogP contribution in [0.1, 0.15) is 29.6 Å². The number of nitrogens with one attached hydrogen (secondary N) is 1. The molecular formula is C23H25FN2O7S. The Morgan fingerprint density at radius 3 is 2.76 bits per heavy atom. The molecule has 9 nitrogen and oxygen atoms in total. The van der Waals surface area contributed by atoms with Crippen molar-refractivity contribution in [1.82, 2.24) is 4.90 Å². The van der Waals surface area contributed by atoms with E-state index in [1.165, 1.54) is 37.4 Å². The number of likely N-dealkylation sites (N-methyl/N-ethyl adjacent to an activating group) is 1. The average Bonchev–Trinajstić information content (AvgIpc) is 2.81. The summed E-state index contributed by atoms with van der Waals surface area (Å²) in [7, 11) is -1.08. The number of ether oxygens (including phenoxy) is 3. The summed E-state index contributed by atoms with van der Waals surface area (Å²) in [6.07, 6.45) is 0.562. The predicted molar refractivity (Wildman–Crippen MR) is 120 cm³/mol. The summed E-state index contributed by atoms with van der Waals surface area (Å²) < 4.78 is 57.8. The Bertz CT molecular complexity index is 1200. The van der Waals surface area contributed by atoms with Gasteiger partial charge in [-0.05, 0) is 49.2 Å². The zero-order chi connectivity index (χ0) is 24.5. The largest absolute Gasteiger partial charge is 0.490 e. The lowest BCUT2D eigenvalue weighted by Gasteiger charge is -2.42. The zero-order valence-electron chi connectivity index (χ0n) is 18.7. The summed E-state index contributed by atoms with van der Waals surface area (Å²) >= 11 is 0. The third-order valence-electron chi connectivity index (χ3n) is 5.99. The number of carbonyl (C=O) groups is 2. The first-order valence-corrected chi connectivity index (χ1v) is 12.2. The van der Waals surface area contributed by atoms with Crippen LogP contribution in [0.15, 0.2) is 47.4 Å². The molecule has 4 rings (SSSR count). The molecule has 0 bridgehead atoms. The summed E-state index contributed by atoms with van der Waals surface area (Å²) in [4.78, 5) is 26.2. The van der Waals surface area contributed by atoms with Gasteiger partial charge in [-0.25, -0.2) is 12.8 Å². The number of anilines is 1. The molecule has 2 aromatic rings. The monoisotopic (exact) mass is 492 g/mol. The average molecular weight is 493 g/mol.